The Kier molecular flexibility index (Phi) is 11.5. The summed E-state index contributed by atoms with van der Waals surface area (Å²) in [4.78, 5) is 0. The Morgan fingerprint density at radius 1 is 0.488 bits per heavy atom. The maximum Gasteiger partial charge on any atom is 1.00 e. The molecule has 0 heterocycles. The molecule has 0 spiro atoms. The Morgan fingerprint density at radius 2 is 0.756 bits per heavy atom. The molecule has 4 heteroatoms. The number of hydrogen-bond acceptors (Lipinski definition) is 0. The van der Waals surface area contributed by atoms with Crippen LogP contribution in [0.3, 0.4) is 0 Å². The summed E-state index contributed by atoms with van der Waals surface area (Å²) in [6.07, 6.45) is 0. The van der Waals surface area contributed by atoms with E-state index in [1.54, 1.807) is 0 Å². The molecule has 1 nitrogen and oxygen atoms in total. The molecule has 0 radical (unpaired) electrons. The van der Waals surface area contributed by atoms with Crippen molar-refractivity contribution >= 4 is 35.5 Å². The second-order valence-corrected chi connectivity index (χ2v) is 19.8. The SMILES string of the molecule is CC(C)(C)c1cc(C(C)(C)C)c([N-][P+](=[C-]Cl)c2c(C(C)(C)C)cc(C(C)(C)C)cc2C(C)(C)C)c(C(C)(C)C)c1.[Li+]. The van der Waals surface area contributed by atoms with Gasteiger partial charge in [0.05, 0.1) is 0 Å². The molecule has 224 valence electrons. The van der Waals surface area contributed by atoms with E-state index in [4.69, 9.17) is 16.7 Å². The van der Waals surface area contributed by atoms with Gasteiger partial charge in [-0.3, -0.25) is 0 Å². The van der Waals surface area contributed by atoms with E-state index in [-0.39, 0.29) is 51.4 Å². The number of benzene rings is 2. The minimum absolute atomic E-state index is 0. The van der Waals surface area contributed by atoms with Gasteiger partial charge in [-0.05, 0) is 43.6 Å². The summed E-state index contributed by atoms with van der Waals surface area (Å²) < 4.78 is 0. The average molecular weight is 590 g/mol. The van der Waals surface area contributed by atoms with Gasteiger partial charge in [0.25, 0.3) is 0 Å². The van der Waals surface area contributed by atoms with Gasteiger partial charge in [-0.2, -0.15) is 5.26 Å². The summed E-state index contributed by atoms with van der Waals surface area (Å²) >= 11 is 6.75. The second-order valence-electron chi connectivity index (χ2n) is 17.8. The molecular weight excluding hydrogens is 532 g/mol. The number of halogens is 1. The first-order valence-electron chi connectivity index (χ1n) is 14.9. The molecule has 0 fully saturated rings. The first kappa shape index (κ1) is 38.3. The normalized spacial score (nSPS) is 14.2. The van der Waals surface area contributed by atoms with Crippen LogP contribution in [0.4, 0.5) is 5.69 Å². The van der Waals surface area contributed by atoms with E-state index in [1.165, 1.54) is 38.7 Å². The molecule has 0 aliphatic carbocycles. The quantitative estimate of drug-likeness (QED) is 0.193. The predicted octanol–water partition coefficient (Wildman–Crippen LogP) is 9.08. The Hall–Kier alpha value is -0.703. The molecule has 0 bridgehead atoms. The van der Waals surface area contributed by atoms with E-state index in [1.807, 2.05) is 0 Å². The topological polar surface area (TPSA) is 14.1 Å². The van der Waals surface area contributed by atoms with Gasteiger partial charge in [0.15, 0.2) is 0 Å². The standard InChI is InChI=1S/C37H58ClNP.Li/c1-32(2,3)24-19-26(34(7,8)9)30(27(20-24)35(10,11)12)39-40(23-38)31-28(36(13,14)15)21-25(33(4,5)6)22-29(31)37(16,17)18;/h19-22H,1-18H3;/q-1;+1. The van der Waals surface area contributed by atoms with Crippen LogP contribution in [-0.2, 0) is 32.5 Å². The van der Waals surface area contributed by atoms with E-state index in [0.29, 0.717) is 0 Å². The summed E-state index contributed by atoms with van der Waals surface area (Å²) in [5, 5.41) is 10.1. The fraction of sp³-hybridized carbons (Fsp3) is 0.649. The smallest absolute Gasteiger partial charge is 0.498 e. The van der Waals surface area contributed by atoms with Crippen molar-refractivity contribution < 1.29 is 18.9 Å². The Balaban J connectivity index is 0.00000840. The molecule has 0 amide bonds. The van der Waals surface area contributed by atoms with Crippen LogP contribution >= 0.6 is 19.3 Å². The van der Waals surface area contributed by atoms with E-state index in [0.717, 1.165) is 5.69 Å². The van der Waals surface area contributed by atoms with Crippen molar-refractivity contribution in [2.75, 3.05) is 0 Å². The Morgan fingerprint density at radius 3 is 0.976 bits per heavy atom. The third kappa shape index (κ3) is 9.15. The molecular formula is C37H58ClLiNP. The van der Waals surface area contributed by atoms with Crippen LogP contribution in [0.1, 0.15) is 158 Å². The molecule has 2 aromatic carbocycles. The average Bonchev–Trinajstić information content (AvgIpc) is 2.72. The van der Waals surface area contributed by atoms with E-state index in [2.05, 4.69) is 154 Å². The molecule has 41 heavy (non-hydrogen) atoms. The summed E-state index contributed by atoms with van der Waals surface area (Å²) in [6.45, 7) is 41.5. The van der Waals surface area contributed by atoms with E-state index in [9.17, 15) is 0 Å². The minimum Gasteiger partial charge on any atom is -0.498 e. The van der Waals surface area contributed by atoms with Gasteiger partial charge >= 0.3 is 18.9 Å². The van der Waals surface area contributed by atoms with Gasteiger partial charge in [0.2, 0.25) is 0 Å². The van der Waals surface area contributed by atoms with Crippen molar-refractivity contribution in [2.45, 2.75) is 157 Å². The van der Waals surface area contributed by atoms with Crippen LogP contribution in [0.25, 0.3) is 5.09 Å². The van der Waals surface area contributed by atoms with Gasteiger partial charge in [0.1, 0.15) is 5.30 Å². The molecule has 0 saturated carbocycles. The first-order chi connectivity index (χ1) is 17.6. The molecule has 0 aliphatic rings. The van der Waals surface area contributed by atoms with Crippen LogP contribution < -0.4 is 24.2 Å². The number of rotatable bonds is 3. The molecule has 0 aliphatic heterocycles. The zero-order chi connectivity index (χ0) is 31.4. The van der Waals surface area contributed by atoms with Crippen LogP contribution in [0.2, 0.25) is 0 Å². The molecule has 0 N–H and O–H groups in total. The van der Waals surface area contributed by atoms with Crippen LogP contribution in [-0.4, -0.2) is 5.26 Å². The first-order valence-corrected chi connectivity index (χ1v) is 16.5. The van der Waals surface area contributed by atoms with Crippen molar-refractivity contribution in [3.8, 4) is 0 Å². The molecule has 1 unspecified atom stereocenters. The Labute approximate surface area is 273 Å². The van der Waals surface area contributed by atoms with Gasteiger partial charge in [0, 0.05) is 11.1 Å². The summed E-state index contributed by atoms with van der Waals surface area (Å²) in [5.41, 5.74) is 8.79. The molecule has 2 rings (SSSR count). The maximum atomic E-state index is 6.75. The van der Waals surface area contributed by atoms with Crippen molar-refractivity contribution in [3.63, 3.8) is 0 Å². The van der Waals surface area contributed by atoms with Crippen LogP contribution in [0, 0.1) is 0 Å². The van der Waals surface area contributed by atoms with Gasteiger partial charge in [-0.1, -0.05) is 166 Å². The van der Waals surface area contributed by atoms with Crippen molar-refractivity contribution in [1.82, 2.24) is 0 Å². The van der Waals surface area contributed by atoms with Crippen molar-refractivity contribution in [3.05, 3.63) is 62.7 Å². The van der Waals surface area contributed by atoms with Crippen LogP contribution in [0.15, 0.2) is 24.3 Å². The third-order valence-electron chi connectivity index (χ3n) is 7.68. The predicted molar refractivity (Wildman–Crippen MR) is 186 cm³/mol. The van der Waals surface area contributed by atoms with E-state index >= 15 is 0 Å². The Bertz CT molecular complexity index is 1190. The zero-order valence-corrected chi connectivity index (χ0v) is 31.7. The minimum atomic E-state index is -1.27. The molecule has 0 aromatic heterocycles. The van der Waals surface area contributed by atoms with Crippen molar-refractivity contribution in [1.29, 1.82) is 0 Å². The van der Waals surface area contributed by atoms with Gasteiger partial charge in [-0.25, -0.2) is 0 Å². The van der Waals surface area contributed by atoms with Crippen molar-refractivity contribution in [2.24, 2.45) is 0 Å². The fourth-order valence-electron chi connectivity index (χ4n) is 4.97. The molecule has 0 saturated heterocycles. The largest absolute Gasteiger partial charge is 1.00 e. The summed E-state index contributed by atoms with van der Waals surface area (Å²) in [5.74, 6) is 0. The zero-order valence-electron chi connectivity index (χ0n) is 30.1. The van der Waals surface area contributed by atoms with E-state index < -0.39 is 7.70 Å². The second kappa shape index (κ2) is 12.4. The third-order valence-corrected chi connectivity index (χ3v) is 9.62. The molecule has 1 atom stereocenters. The fourth-order valence-corrected chi connectivity index (χ4v) is 7.23. The number of nitrogens with zero attached hydrogens (tertiary/aromatic N) is 1. The monoisotopic (exact) mass is 589 g/mol. The number of hydrogen-bond donors (Lipinski definition) is 0. The molecule has 2 aromatic rings. The van der Waals surface area contributed by atoms with Gasteiger partial charge in [-0.15, -0.1) is 7.70 Å². The van der Waals surface area contributed by atoms with Crippen LogP contribution in [0.5, 0.6) is 0 Å². The maximum absolute atomic E-state index is 6.75. The summed E-state index contributed by atoms with van der Waals surface area (Å²) in [6, 6.07) is 9.63. The van der Waals surface area contributed by atoms with Gasteiger partial charge < -0.3 is 16.7 Å². The summed E-state index contributed by atoms with van der Waals surface area (Å²) in [7, 11) is -1.27.